The van der Waals surface area contributed by atoms with Crippen molar-refractivity contribution in [1.82, 2.24) is 25.3 Å². The lowest BCUT2D eigenvalue weighted by Gasteiger charge is -2.24. The smallest absolute Gasteiger partial charge is 0.321 e. The van der Waals surface area contributed by atoms with E-state index in [4.69, 9.17) is 9.47 Å². The van der Waals surface area contributed by atoms with Crippen molar-refractivity contribution in [2.75, 3.05) is 27.8 Å². The Morgan fingerprint density at radius 3 is 2.47 bits per heavy atom. The Balaban J connectivity index is 1.65. The van der Waals surface area contributed by atoms with Crippen molar-refractivity contribution in [3.05, 3.63) is 83.3 Å². The van der Waals surface area contributed by atoms with E-state index in [9.17, 15) is 9.59 Å². The summed E-state index contributed by atoms with van der Waals surface area (Å²) in [5.41, 5.74) is 4.27. The van der Waals surface area contributed by atoms with Gasteiger partial charge in [-0.1, -0.05) is 12.1 Å². The van der Waals surface area contributed by atoms with E-state index in [-0.39, 0.29) is 18.0 Å². The number of ether oxygens (including phenoxy) is 2. The van der Waals surface area contributed by atoms with Crippen LogP contribution in [0.5, 0.6) is 11.5 Å². The number of nitrogens with one attached hydrogen (secondary N) is 2. The minimum atomic E-state index is -0.195. The summed E-state index contributed by atoms with van der Waals surface area (Å²) in [6.07, 6.45) is 6.06. The molecule has 4 rings (SSSR count). The molecule has 9 heteroatoms. The van der Waals surface area contributed by atoms with Crippen molar-refractivity contribution in [3.8, 4) is 11.5 Å². The number of amides is 3. The summed E-state index contributed by atoms with van der Waals surface area (Å²) in [7, 11) is 4.83. The van der Waals surface area contributed by atoms with Gasteiger partial charge >= 0.3 is 6.03 Å². The first kappa shape index (κ1) is 24.8. The molecule has 1 aliphatic rings. The maximum atomic E-state index is 12.7. The Morgan fingerprint density at radius 1 is 1.11 bits per heavy atom. The van der Waals surface area contributed by atoms with Gasteiger partial charge in [-0.05, 0) is 60.4 Å². The summed E-state index contributed by atoms with van der Waals surface area (Å²) >= 11 is 0. The van der Waals surface area contributed by atoms with Crippen molar-refractivity contribution < 1.29 is 19.1 Å². The molecule has 0 radical (unpaired) electrons. The van der Waals surface area contributed by atoms with Crippen molar-refractivity contribution in [2.24, 2.45) is 0 Å². The summed E-state index contributed by atoms with van der Waals surface area (Å²) in [6.45, 7) is 3.08. The average Bonchev–Trinajstić information content (AvgIpc) is 3.37. The molecule has 2 aromatic carbocycles. The van der Waals surface area contributed by atoms with E-state index >= 15 is 0 Å². The normalized spacial score (nSPS) is 14.8. The van der Waals surface area contributed by atoms with Crippen molar-refractivity contribution >= 4 is 17.5 Å². The van der Waals surface area contributed by atoms with Gasteiger partial charge in [0.15, 0.2) is 11.5 Å². The number of aromatic nitrogens is 2. The molecule has 0 spiro atoms. The lowest BCUT2D eigenvalue weighted by molar-refractivity contribution is 0.0952. The molecular formula is C27H31N5O4. The molecule has 2 heterocycles. The molecule has 0 saturated carbocycles. The number of hydrogen-bond donors (Lipinski definition) is 2. The zero-order valence-corrected chi connectivity index (χ0v) is 20.9. The molecule has 0 saturated heterocycles. The second kappa shape index (κ2) is 11.0. The van der Waals surface area contributed by atoms with Crippen molar-refractivity contribution in [3.63, 3.8) is 0 Å². The third-order valence-electron chi connectivity index (χ3n) is 6.25. The highest BCUT2D eigenvalue weighted by atomic mass is 16.5. The van der Waals surface area contributed by atoms with Crippen LogP contribution in [0.15, 0.2) is 61.1 Å². The molecule has 36 heavy (non-hydrogen) atoms. The molecule has 188 valence electrons. The number of fused-ring (bicyclic) bond motifs is 1. The molecule has 1 aliphatic heterocycles. The zero-order chi connectivity index (χ0) is 25.7. The van der Waals surface area contributed by atoms with Gasteiger partial charge in [0.1, 0.15) is 0 Å². The number of hydrogen-bond acceptors (Lipinski definition) is 5. The van der Waals surface area contributed by atoms with E-state index < -0.39 is 0 Å². The number of urea groups is 1. The Hall–Kier alpha value is -4.27. The summed E-state index contributed by atoms with van der Waals surface area (Å²) in [6, 6.07) is 12.8. The zero-order valence-electron chi connectivity index (χ0n) is 20.9. The first-order chi connectivity index (χ1) is 17.4. The van der Waals surface area contributed by atoms with Crippen LogP contribution < -0.4 is 20.1 Å². The number of carbonyl (C=O) groups is 2. The summed E-state index contributed by atoms with van der Waals surface area (Å²) < 4.78 is 12.9. The highest BCUT2D eigenvalue weighted by Crippen LogP contribution is 2.39. The maximum absolute atomic E-state index is 12.7. The fraction of sp³-hybridized carbons (Fsp3) is 0.296. The van der Waals surface area contributed by atoms with Crippen LogP contribution >= 0.6 is 0 Å². The molecule has 0 fully saturated rings. The summed E-state index contributed by atoms with van der Waals surface area (Å²) in [4.78, 5) is 27.0. The summed E-state index contributed by atoms with van der Waals surface area (Å²) in [5, 5.41) is 9.78. The van der Waals surface area contributed by atoms with Crippen LogP contribution in [0.2, 0.25) is 0 Å². The fourth-order valence-corrected chi connectivity index (χ4v) is 4.33. The van der Waals surface area contributed by atoms with Gasteiger partial charge < -0.3 is 20.1 Å². The van der Waals surface area contributed by atoms with Crippen LogP contribution in [-0.2, 0) is 13.0 Å². The van der Waals surface area contributed by atoms with Crippen LogP contribution in [-0.4, -0.2) is 60.5 Å². The number of benzene rings is 2. The Bertz CT molecular complexity index is 1250. The molecule has 1 atom stereocenters. The van der Waals surface area contributed by atoms with Gasteiger partial charge in [0.05, 0.1) is 20.8 Å². The first-order valence-electron chi connectivity index (χ1n) is 11.8. The van der Waals surface area contributed by atoms with E-state index in [0.717, 1.165) is 22.3 Å². The molecule has 2 N–H and O–H groups in total. The number of rotatable bonds is 7. The van der Waals surface area contributed by atoms with Crippen LogP contribution in [0, 0.1) is 0 Å². The van der Waals surface area contributed by atoms with E-state index in [1.54, 1.807) is 49.2 Å². The minimum absolute atomic E-state index is 0.0841. The van der Waals surface area contributed by atoms with Crippen LogP contribution in [0.25, 0.3) is 5.57 Å². The lowest BCUT2D eigenvalue weighted by atomic mass is 9.92. The first-order valence-corrected chi connectivity index (χ1v) is 11.8. The van der Waals surface area contributed by atoms with Crippen molar-refractivity contribution in [2.45, 2.75) is 25.9 Å². The second-order valence-corrected chi connectivity index (χ2v) is 8.53. The van der Waals surface area contributed by atoms with E-state index in [0.29, 0.717) is 36.6 Å². The number of nitrogens with zero attached hydrogens (tertiary/aromatic N) is 3. The van der Waals surface area contributed by atoms with Gasteiger partial charge in [0.2, 0.25) is 0 Å². The second-order valence-electron chi connectivity index (χ2n) is 8.53. The predicted octanol–water partition coefficient (Wildman–Crippen LogP) is 3.31. The quantitative estimate of drug-likeness (QED) is 0.531. The maximum Gasteiger partial charge on any atom is 0.321 e. The minimum Gasteiger partial charge on any atom is -0.493 e. The van der Waals surface area contributed by atoms with Crippen molar-refractivity contribution in [1.29, 1.82) is 0 Å². The third kappa shape index (κ3) is 5.19. The Kier molecular flexibility index (Phi) is 7.58. The number of carbonyl (C=O) groups excluding carboxylic acids is 2. The highest BCUT2D eigenvalue weighted by molar-refractivity contribution is 5.95. The van der Waals surface area contributed by atoms with Crippen LogP contribution in [0.3, 0.4) is 0 Å². The van der Waals surface area contributed by atoms with Crippen LogP contribution in [0.1, 0.15) is 34.0 Å². The van der Waals surface area contributed by atoms with Gasteiger partial charge in [0.25, 0.3) is 5.91 Å². The summed E-state index contributed by atoms with van der Waals surface area (Å²) in [5.74, 6) is 1.09. The largest absolute Gasteiger partial charge is 0.493 e. The topological polar surface area (TPSA) is 97.7 Å². The Morgan fingerprint density at radius 2 is 1.83 bits per heavy atom. The van der Waals surface area contributed by atoms with Gasteiger partial charge in [-0.3, -0.25) is 14.4 Å². The molecule has 9 nitrogen and oxygen atoms in total. The van der Waals surface area contributed by atoms with Crippen LogP contribution in [0.4, 0.5) is 4.79 Å². The predicted molar refractivity (Wildman–Crippen MR) is 137 cm³/mol. The lowest BCUT2D eigenvalue weighted by Crippen LogP contribution is -2.40. The van der Waals surface area contributed by atoms with Gasteiger partial charge in [-0.15, -0.1) is 0 Å². The molecule has 1 aromatic heterocycles. The fourth-order valence-electron chi connectivity index (χ4n) is 4.33. The monoisotopic (exact) mass is 489 g/mol. The highest BCUT2D eigenvalue weighted by Gasteiger charge is 2.27. The standard InChI is InChI=1S/C27H31N5O4/c1-18-14-21-15-24(35-3)25(36-4)16-22(21)23(17-32(18)27(34)28-2)19-6-8-20(9-7-19)26(33)29-11-13-31-12-5-10-30-31/h5-10,12,15-18H,11,13-14H2,1-4H3,(H,28,34)(H,29,33). The molecular weight excluding hydrogens is 458 g/mol. The van der Waals surface area contributed by atoms with E-state index in [1.807, 2.05) is 49.7 Å². The number of methoxy groups -OCH3 is 2. The van der Waals surface area contributed by atoms with Gasteiger partial charge in [0, 0.05) is 49.4 Å². The van der Waals surface area contributed by atoms with E-state index in [2.05, 4.69) is 15.7 Å². The third-order valence-corrected chi connectivity index (χ3v) is 6.25. The Labute approximate surface area is 210 Å². The molecule has 0 bridgehead atoms. The molecule has 3 amide bonds. The van der Waals surface area contributed by atoms with Gasteiger partial charge in [-0.25, -0.2) is 4.79 Å². The molecule has 1 unspecified atom stereocenters. The average molecular weight is 490 g/mol. The molecule has 3 aromatic rings. The molecule has 0 aliphatic carbocycles. The SMILES string of the molecule is CNC(=O)N1C=C(c2ccc(C(=O)NCCn3cccn3)cc2)c2cc(OC)c(OC)cc2CC1C. The van der Waals surface area contributed by atoms with E-state index in [1.165, 1.54) is 0 Å². The van der Waals surface area contributed by atoms with Gasteiger partial charge in [-0.2, -0.15) is 5.10 Å².